The molecule has 0 heterocycles. The van der Waals surface area contributed by atoms with Crippen molar-refractivity contribution in [2.24, 2.45) is 5.41 Å². The van der Waals surface area contributed by atoms with Crippen molar-refractivity contribution >= 4 is 17.4 Å². The summed E-state index contributed by atoms with van der Waals surface area (Å²) in [7, 11) is 0. The number of benzene rings is 2. The van der Waals surface area contributed by atoms with Crippen LogP contribution in [-0.2, 0) is 11.2 Å². The Morgan fingerprint density at radius 3 is 2.51 bits per heavy atom. The van der Waals surface area contributed by atoms with E-state index in [1.54, 1.807) is 0 Å². The van der Waals surface area contributed by atoms with Gasteiger partial charge in [0.25, 0.3) is 0 Å². The Bertz CT molecular complexity index is 1030. The summed E-state index contributed by atoms with van der Waals surface area (Å²) in [4.78, 5) is 25.0. The first kappa shape index (κ1) is 25.4. The Morgan fingerprint density at radius 2 is 1.83 bits per heavy atom. The van der Waals surface area contributed by atoms with Gasteiger partial charge < -0.3 is 21.1 Å². The highest BCUT2D eigenvalue weighted by Gasteiger charge is 2.39. The molecule has 35 heavy (non-hydrogen) atoms. The van der Waals surface area contributed by atoms with Crippen LogP contribution in [0, 0.1) is 5.41 Å². The number of nitrogens with one attached hydrogen (secondary N) is 3. The Balaban J connectivity index is 1.50. The third kappa shape index (κ3) is 6.30. The van der Waals surface area contributed by atoms with E-state index < -0.39 is 17.6 Å². The van der Waals surface area contributed by atoms with Gasteiger partial charge in [-0.05, 0) is 55.0 Å². The Labute approximate surface area is 208 Å². The molecule has 0 radical (unpaired) electrons. The van der Waals surface area contributed by atoms with Gasteiger partial charge in [0.1, 0.15) is 0 Å². The van der Waals surface area contributed by atoms with Crippen molar-refractivity contribution in [3.05, 3.63) is 65.2 Å². The first-order chi connectivity index (χ1) is 16.7. The summed E-state index contributed by atoms with van der Waals surface area (Å²) in [6, 6.07) is 16.0. The number of Topliss-reactive ketones (excluding diaryl/α,β-unsaturated/α-hetero) is 1. The predicted molar refractivity (Wildman–Crippen MR) is 140 cm³/mol. The summed E-state index contributed by atoms with van der Waals surface area (Å²) in [6.45, 7) is 5.77. The second-order valence-electron chi connectivity index (χ2n) is 10.9. The Hall–Kier alpha value is -2.70. The minimum absolute atomic E-state index is 0.0626. The van der Waals surface area contributed by atoms with E-state index in [1.165, 1.54) is 32.6 Å². The maximum Gasteiger partial charge on any atom is 0.217 e. The van der Waals surface area contributed by atoms with Gasteiger partial charge in [-0.15, -0.1) is 0 Å². The number of hydrogen-bond donors (Lipinski definition) is 4. The normalized spacial score (nSPS) is 21.3. The molecule has 2 aliphatic rings. The summed E-state index contributed by atoms with van der Waals surface area (Å²) in [5.74, 6) is 0.000988. The van der Waals surface area contributed by atoms with Crippen molar-refractivity contribution in [3.8, 4) is 0 Å². The number of carbonyl (C=O) groups excluding carboxylic acids is 2. The molecule has 6 heteroatoms. The molecule has 0 saturated heterocycles. The van der Waals surface area contributed by atoms with Gasteiger partial charge in [0, 0.05) is 42.2 Å². The predicted octanol–water partition coefficient (Wildman–Crippen LogP) is 4.39. The van der Waals surface area contributed by atoms with Gasteiger partial charge in [-0.3, -0.25) is 9.59 Å². The minimum Gasteiger partial charge on any atom is -0.390 e. The lowest BCUT2D eigenvalue weighted by Crippen LogP contribution is -2.49. The molecule has 0 spiro atoms. The number of ketones is 1. The molecule has 2 aromatic rings. The number of hydrogen-bond acceptors (Lipinski definition) is 5. The second-order valence-corrected chi connectivity index (χ2v) is 10.9. The molecular formula is C29H39N3O3. The van der Waals surface area contributed by atoms with Crippen LogP contribution >= 0.6 is 0 Å². The van der Waals surface area contributed by atoms with E-state index in [4.69, 9.17) is 0 Å². The third-order valence-electron chi connectivity index (χ3n) is 7.45. The van der Waals surface area contributed by atoms with Crippen molar-refractivity contribution in [2.75, 3.05) is 11.9 Å². The van der Waals surface area contributed by atoms with Crippen LogP contribution in [0.15, 0.2) is 48.5 Å². The number of carbonyl (C=O) groups is 2. The molecule has 6 nitrogen and oxygen atoms in total. The average molecular weight is 478 g/mol. The van der Waals surface area contributed by atoms with Crippen LogP contribution in [0.3, 0.4) is 0 Å². The smallest absolute Gasteiger partial charge is 0.217 e. The number of fused-ring (bicyclic) bond motifs is 1. The van der Waals surface area contributed by atoms with E-state index in [0.29, 0.717) is 25.4 Å². The van der Waals surface area contributed by atoms with Crippen LogP contribution in [0.2, 0.25) is 0 Å². The topological polar surface area (TPSA) is 90.5 Å². The maximum absolute atomic E-state index is 13.2. The van der Waals surface area contributed by atoms with Gasteiger partial charge in [-0.25, -0.2) is 0 Å². The molecule has 4 rings (SSSR count). The lowest BCUT2D eigenvalue weighted by atomic mass is 9.70. The van der Waals surface area contributed by atoms with Gasteiger partial charge in [0.05, 0.1) is 12.1 Å². The molecule has 4 N–H and O–H groups in total. The van der Waals surface area contributed by atoms with E-state index in [9.17, 15) is 14.7 Å². The van der Waals surface area contributed by atoms with E-state index in [1.807, 2.05) is 56.3 Å². The molecule has 2 aliphatic carbocycles. The molecular weight excluding hydrogens is 438 g/mol. The lowest BCUT2D eigenvalue weighted by Gasteiger charge is -2.37. The van der Waals surface area contributed by atoms with Crippen molar-refractivity contribution in [3.63, 3.8) is 0 Å². The summed E-state index contributed by atoms with van der Waals surface area (Å²) >= 11 is 0. The summed E-state index contributed by atoms with van der Waals surface area (Å²) in [5, 5.41) is 21.2. The summed E-state index contributed by atoms with van der Waals surface area (Å²) in [5.41, 5.74) is 3.37. The van der Waals surface area contributed by atoms with Crippen LogP contribution in [0.1, 0.15) is 80.4 Å². The van der Waals surface area contributed by atoms with Crippen molar-refractivity contribution in [1.82, 2.24) is 10.6 Å². The fourth-order valence-corrected chi connectivity index (χ4v) is 5.53. The fourth-order valence-electron chi connectivity index (χ4n) is 5.53. The number of amides is 1. The van der Waals surface area contributed by atoms with Gasteiger partial charge in [0.15, 0.2) is 5.78 Å². The summed E-state index contributed by atoms with van der Waals surface area (Å²) < 4.78 is 0. The number of rotatable bonds is 9. The fraction of sp³-hybridized carbons (Fsp3) is 0.517. The molecule has 2 unspecified atom stereocenters. The molecule has 0 aliphatic heterocycles. The molecule has 3 atom stereocenters. The van der Waals surface area contributed by atoms with Crippen LogP contribution in [-0.4, -0.2) is 41.5 Å². The number of aliphatic hydroxyl groups is 1. The minimum atomic E-state index is -0.775. The molecule has 0 aromatic heterocycles. The van der Waals surface area contributed by atoms with Gasteiger partial charge >= 0.3 is 0 Å². The molecule has 188 valence electrons. The zero-order valence-electron chi connectivity index (χ0n) is 21.1. The van der Waals surface area contributed by atoms with E-state index in [2.05, 4.69) is 22.0 Å². The highest BCUT2D eigenvalue weighted by Crippen LogP contribution is 2.41. The Kier molecular flexibility index (Phi) is 7.92. The third-order valence-corrected chi connectivity index (χ3v) is 7.45. The van der Waals surface area contributed by atoms with Gasteiger partial charge in [-0.2, -0.15) is 0 Å². The highest BCUT2D eigenvalue weighted by molar-refractivity contribution is 6.03. The van der Waals surface area contributed by atoms with Crippen LogP contribution < -0.4 is 16.0 Å². The highest BCUT2D eigenvalue weighted by atomic mass is 16.3. The Morgan fingerprint density at radius 1 is 1.11 bits per heavy atom. The summed E-state index contributed by atoms with van der Waals surface area (Å²) in [6.07, 6.45) is 5.31. The van der Waals surface area contributed by atoms with E-state index >= 15 is 0 Å². The van der Waals surface area contributed by atoms with E-state index in [0.717, 1.165) is 22.4 Å². The SMILES string of the molecule is CC(=O)NC(Cc1ccccc1)C(O)CN[C@H]1CC(C)(C)C(=O)c2ccc(NC3CCCC3)cc21. The van der Waals surface area contributed by atoms with Crippen molar-refractivity contribution in [1.29, 1.82) is 0 Å². The average Bonchev–Trinajstić information content (AvgIpc) is 3.33. The zero-order chi connectivity index (χ0) is 25.0. The van der Waals surface area contributed by atoms with E-state index in [-0.39, 0.29) is 17.7 Å². The first-order valence-corrected chi connectivity index (χ1v) is 12.9. The molecule has 1 saturated carbocycles. The van der Waals surface area contributed by atoms with Gasteiger partial charge in [0.2, 0.25) is 5.91 Å². The molecule has 2 aromatic carbocycles. The number of anilines is 1. The van der Waals surface area contributed by atoms with Crippen LogP contribution in [0.4, 0.5) is 5.69 Å². The lowest BCUT2D eigenvalue weighted by molar-refractivity contribution is -0.120. The zero-order valence-corrected chi connectivity index (χ0v) is 21.1. The second kappa shape index (κ2) is 10.9. The van der Waals surface area contributed by atoms with Crippen LogP contribution in [0.5, 0.6) is 0 Å². The molecule has 1 fully saturated rings. The largest absolute Gasteiger partial charge is 0.390 e. The first-order valence-electron chi connectivity index (χ1n) is 12.9. The van der Waals surface area contributed by atoms with Crippen molar-refractivity contribution < 1.29 is 14.7 Å². The van der Waals surface area contributed by atoms with Crippen LogP contribution in [0.25, 0.3) is 0 Å². The number of aliphatic hydroxyl groups excluding tert-OH is 1. The molecule has 0 bridgehead atoms. The molecule has 1 amide bonds. The maximum atomic E-state index is 13.2. The van der Waals surface area contributed by atoms with Gasteiger partial charge in [-0.1, -0.05) is 57.0 Å². The monoisotopic (exact) mass is 477 g/mol. The standard InChI is InChI=1S/C29H39N3O3/c1-19(33)31-25(15-20-9-5-4-6-10-20)27(34)18-30-26-17-29(2,3)28(35)23-14-13-22(16-24(23)26)32-21-11-7-8-12-21/h4-6,9-10,13-14,16,21,25-27,30,32,34H,7-8,11-12,15,17-18H2,1-3H3,(H,31,33)/t25?,26-,27?/m0/s1. The quantitative estimate of drug-likeness (QED) is 0.430. The van der Waals surface area contributed by atoms with Crippen molar-refractivity contribution in [2.45, 2.75) is 83.5 Å².